The van der Waals surface area contributed by atoms with E-state index < -0.39 is 0 Å². The number of rotatable bonds is 5. The Bertz CT molecular complexity index is 3140. The average molecular weight is 679 g/mol. The molecule has 6 nitrogen and oxygen atoms in total. The van der Waals surface area contributed by atoms with Gasteiger partial charge in [0, 0.05) is 44.0 Å². The molecular formula is C47H30N6. The topological polar surface area (TPSA) is 53.5 Å². The van der Waals surface area contributed by atoms with Crippen molar-refractivity contribution in [1.82, 2.24) is 28.7 Å². The number of aromatic nitrogens is 6. The summed E-state index contributed by atoms with van der Waals surface area (Å²) in [5.41, 5.74) is 11.1. The molecule has 11 aromatic rings. The van der Waals surface area contributed by atoms with Crippen LogP contribution in [0.15, 0.2) is 182 Å². The van der Waals surface area contributed by atoms with Gasteiger partial charge in [0.25, 0.3) is 0 Å². The fourth-order valence-electron chi connectivity index (χ4n) is 8.01. The van der Waals surface area contributed by atoms with E-state index in [2.05, 4.69) is 177 Å². The molecule has 0 unspecified atom stereocenters. The van der Waals surface area contributed by atoms with Crippen molar-refractivity contribution in [1.29, 1.82) is 0 Å². The van der Waals surface area contributed by atoms with Crippen molar-refractivity contribution in [3.05, 3.63) is 182 Å². The maximum atomic E-state index is 5.50. The zero-order chi connectivity index (χ0) is 34.9. The van der Waals surface area contributed by atoms with E-state index >= 15 is 0 Å². The molecular weight excluding hydrogens is 649 g/mol. The largest absolute Gasteiger partial charge is 0.292 e. The van der Waals surface area contributed by atoms with Gasteiger partial charge in [-0.2, -0.15) is 0 Å². The summed E-state index contributed by atoms with van der Waals surface area (Å²) >= 11 is 0. The van der Waals surface area contributed by atoms with Crippen molar-refractivity contribution in [2.45, 2.75) is 0 Å². The number of para-hydroxylation sites is 4. The summed E-state index contributed by atoms with van der Waals surface area (Å²) in [7, 11) is 0. The predicted octanol–water partition coefficient (Wildman–Crippen LogP) is 11.3. The highest BCUT2D eigenvalue weighted by molar-refractivity contribution is 6.25. The first-order chi connectivity index (χ1) is 26.3. The van der Waals surface area contributed by atoms with Gasteiger partial charge in [0.05, 0.1) is 27.8 Å². The maximum absolute atomic E-state index is 5.50. The monoisotopic (exact) mass is 678 g/mol. The summed E-state index contributed by atoms with van der Waals surface area (Å²) in [4.78, 5) is 16.1. The van der Waals surface area contributed by atoms with Gasteiger partial charge in [0.15, 0.2) is 5.65 Å². The fourth-order valence-corrected chi connectivity index (χ4v) is 8.01. The normalized spacial score (nSPS) is 11.8. The minimum absolute atomic E-state index is 0.633. The molecule has 0 aliphatic rings. The lowest BCUT2D eigenvalue weighted by molar-refractivity contribution is 1.01. The Labute approximate surface area is 304 Å². The number of benzene rings is 7. The van der Waals surface area contributed by atoms with Crippen molar-refractivity contribution >= 4 is 54.8 Å². The zero-order valence-corrected chi connectivity index (χ0v) is 28.5. The lowest BCUT2D eigenvalue weighted by Gasteiger charge is -2.12. The number of fused-ring (bicyclic) bond motifs is 8. The van der Waals surface area contributed by atoms with Gasteiger partial charge in [-0.25, -0.2) is 15.0 Å². The highest BCUT2D eigenvalue weighted by atomic mass is 15.2. The first-order valence-electron chi connectivity index (χ1n) is 17.8. The van der Waals surface area contributed by atoms with Crippen LogP contribution < -0.4 is 0 Å². The summed E-state index contributed by atoms with van der Waals surface area (Å²) in [6, 6.07) is 63.4. The third-order valence-corrected chi connectivity index (χ3v) is 10.3. The molecule has 6 heteroatoms. The molecule has 0 bridgehead atoms. The highest BCUT2D eigenvalue weighted by Crippen LogP contribution is 2.44. The molecule has 0 saturated carbocycles. The fraction of sp³-hybridized carbons (Fsp3) is 0. The van der Waals surface area contributed by atoms with E-state index in [9.17, 15) is 0 Å². The van der Waals surface area contributed by atoms with Gasteiger partial charge in [0.2, 0.25) is 5.95 Å². The number of imidazole rings is 1. The van der Waals surface area contributed by atoms with Gasteiger partial charge in [-0.15, -0.1) is 0 Å². The van der Waals surface area contributed by atoms with Crippen LogP contribution in [0.2, 0.25) is 0 Å². The van der Waals surface area contributed by atoms with Crippen LogP contribution in [0.1, 0.15) is 0 Å². The van der Waals surface area contributed by atoms with Crippen LogP contribution >= 0.6 is 0 Å². The molecule has 0 aliphatic carbocycles. The molecule has 248 valence electrons. The Hall–Kier alpha value is -7.31. The average Bonchev–Trinajstić information content (AvgIpc) is 3.89. The molecule has 7 aromatic carbocycles. The SMILES string of the molecule is c1ccc(-c2nc(-n3c4ccccc4c4c3ccc3c5c(nc(-c6ccccc6)n5-c5ccccc5)n(-c5ccccc5)c34)nc3ccccc23)cc1. The lowest BCUT2D eigenvalue weighted by Crippen LogP contribution is -2.03. The molecule has 53 heavy (non-hydrogen) atoms. The number of hydrogen-bond acceptors (Lipinski definition) is 3. The Morgan fingerprint density at radius 2 is 0.943 bits per heavy atom. The molecule has 0 amide bonds. The van der Waals surface area contributed by atoms with Crippen LogP contribution in [0.5, 0.6) is 0 Å². The van der Waals surface area contributed by atoms with Gasteiger partial charge >= 0.3 is 0 Å². The Kier molecular flexibility index (Phi) is 6.45. The first-order valence-corrected chi connectivity index (χ1v) is 17.8. The van der Waals surface area contributed by atoms with E-state index in [-0.39, 0.29) is 0 Å². The van der Waals surface area contributed by atoms with Crippen LogP contribution in [0.25, 0.3) is 94.7 Å². The molecule has 4 heterocycles. The third kappa shape index (κ3) is 4.42. The number of hydrogen-bond donors (Lipinski definition) is 0. The van der Waals surface area contributed by atoms with E-state index in [1.807, 2.05) is 18.2 Å². The number of nitrogens with zero attached hydrogens (tertiary/aromatic N) is 6. The lowest BCUT2D eigenvalue weighted by atomic mass is 10.1. The second-order valence-electron chi connectivity index (χ2n) is 13.3. The summed E-state index contributed by atoms with van der Waals surface area (Å²) in [5, 5.41) is 4.38. The van der Waals surface area contributed by atoms with E-state index in [0.29, 0.717) is 5.95 Å². The van der Waals surface area contributed by atoms with Gasteiger partial charge in [-0.05, 0) is 48.5 Å². The van der Waals surface area contributed by atoms with E-state index in [0.717, 1.165) is 88.8 Å². The Morgan fingerprint density at radius 3 is 1.66 bits per heavy atom. The van der Waals surface area contributed by atoms with Crippen molar-refractivity contribution in [2.24, 2.45) is 0 Å². The minimum Gasteiger partial charge on any atom is -0.292 e. The van der Waals surface area contributed by atoms with Crippen LogP contribution in [-0.4, -0.2) is 28.7 Å². The molecule has 0 spiro atoms. The van der Waals surface area contributed by atoms with Crippen molar-refractivity contribution < 1.29 is 0 Å². The molecule has 0 N–H and O–H groups in total. The molecule has 0 aliphatic heterocycles. The van der Waals surface area contributed by atoms with Crippen LogP contribution in [0.4, 0.5) is 0 Å². The smallest absolute Gasteiger partial charge is 0.235 e. The van der Waals surface area contributed by atoms with Gasteiger partial charge in [-0.3, -0.25) is 13.7 Å². The molecule has 0 radical (unpaired) electrons. The van der Waals surface area contributed by atoms with Crippen LogP contribution in [0.3, 0.4) is 0 Å². The van der Waals surface area contributed by atoms with Crippen molar-refractivity contribution in [3.8, 4) is 40.0 Å². The van der Waals surface area contributed by atoms with E-state index in [1.165, 1.54) is 0 Å². The van der Waals surface area contributed by atoms with Crippen molar-refractivity contribution in [2.75, 3.05) is 0 Å². The zero-order valence-electron chi connectivity index (χ0n) is 28.5. The van der Waals surface area contributed by atoms with E-state index in [1.54, 1.807) is 0 Å². The first kappa shape index (κ1) is 29.4. The molecule has 11 rings (SSSR count). The standard InChI is InChI=1S/C47H30N6/c1-5-17-31(18-6-1)42-35-25-13-15-27-38(35)48-47(49-42)53-39-28-16-14-26-36(39)41-40(53)30-29-37-43(41)51(33-21-9-3-10-22-33)46-44(37)52(34-23-11-4-12-24-34)45(50-46)32-19-7-2-8-20-32/h1-30H. The second kappa shape index (κ2) is 11.6. The quantitative estimate of drug-likeness (QED) is 0.182. The van der Waals surface area contributed by atoms with Gasteiger partial charge in [0.1, 0.15) is 11.3 Å². The maximum Gasteiger partial charge on any atom is 0.235 e. The van der Waals surface area contributed by atoms with Crippen LogP contribution in [-0.2, 0) is 0 Å². The van der Waals surface area contributed by atoms with Gasteiger partial charge < -0.3 is 0 Å². The second-order valence-corrected chi connectivity index (χ2v) is 13.3. The molecule has 0 atom stereocenters. The summed E-state index contributed by atoms with van der Waals surface area (Å²) in [6.45, 7) is 0. The molecule has 0 saturated heterocycles. The predicted molar refractivity (Wildman–Crippen MR) is 216 cm³/mol. The summed E-state index contributed by atoms with van der Waals surface area (Å²) in [5.74, 6) is 1.53. The summed E-state index contributed by atoms with van der Waals surface area (Å²) < 4.78 is 6.88. The third-order valence-electron chi connectivity index (χ3n) is 10.3. The van der Waals surface area contributed by atoms with Crippen molar-refractivity contribution in [3.63, 3.8) is 0 Å². The minimum atomic E-state index is 0.633. The molecule has 0 fully saturated rings. The Morgan fingerprint density at radius 1 is 0.358 bits per heavy atom. The van der Waals surface area contributed by atoms with Crippen LogP contribution in [0, 0.1) is 0 Å². The Balaban J connectivity index is 1.31. The molecule has 4 aromatic heterocycles. The summed E-state index contributed by atoms with van der Waals surface area (Å²) in [6.07, 6.45) is 0. The van der Waals surface area contributed by atoms with E-state index in [4.69, 9.17) is 15.0 Å². The highest BCUT2D eigenvalue weighted by Gasteiger charge is 2.27. The van der Waals surface area contributed by atoms with Gasteiger partial charge in [-0.1, -0.05) is 133 Å².